The van der Waals surface area contributed by atoms with Crippen LogP contribution in [-0.4, -0.2) is 21.3 Å². The minimum Gasteiger partial charge on any atom is -0.481 e. The third-order valence-electron chi connectivity index (χ3n) is 3.15. The Morgan fingerprint density at radius 3 is 2.71 bits per heavy atom. The van der Waals surface area contributed by atoms with Crippen molar-refractivity contribution < 1.29 is 18.7 Å². The highest BCUT2D eigenvalue weighted by Gasteiger charge is 2.25. The molecule has 21 heavy (non-hydrogen) atoms. The van der Waals surface area contributed by atoms with Gasteiger partial charge < -0.3 is 9.52 Å². The van der Waals surface area contributed by atoms with E-state index in [0.717, 1.165) is 0 Å². The van der Waals surface area contributed by atoms with Gasteiger partial charge >= 0.3 is 5.97 Å². The third-order valence-corrected chi connectivity index (χ3v) is 3.15. The van der Waals surface area contributed by atoms with E-state index in [2.05, 4.69) is 10.2 Å². The van der Waals surface area contributed by atoms with Crippen molar-refractivity contribution in [3.8, 4) is 11.5 Å². The lowest BCUT2D eigenvalue weighted by atomic mass is 9.86. The molecule has 1 aromatic carbocycles. The van der Waals surface area contributed by atoms with Gasteiger partial charge in [-0.1, -0.05) is 19.9 Å². The molecule has 0 fully saturated rings. The predicted octanol–water partition coefficient (Wildman–Crippen LogP) is 3.23. The van der Waals surface area contributed by atoms with Gasteiger partial charge in [0, 0.05) is 12.0 Å². The van der Waals surface area contributed by atoms with Crippen LogP contribution in [0.5, 0.6) is 0 Å². The predicted molar refractivity (Wildman–Crippen MR) is 74.2 cm³/mol. The number of carboxylic acids is 1. The van der Waals surface area contributed by atoms with Crippen LogP contribution in [0.25, 0.3) is 11.5 Å². The van der Waals surface area contributed by atoms with E-state index in [-0.39, 0.29) is 18.1 Å². The molecule has 0 amide bonds. The molecule has 0 aliphatic heterocycles. The molecule has 0 aliphatic rings. The Balaban J connectivity index is 2.18. The monoisotopic (exact) mass is 292 g/mol. The molecule has 112 valence electrons. The van der Waals surface area contributed by atoms with Crippen molar-refractivity contribution in [2.24, 2.45) is 5.41 Å². The number of aryl methyl sites for hydroxylation is 1. The Morgan fingerprint density at radius 2 is 2.10 bits per heavy atom. The molecule has 0 radical (unpaired) electrons. The SMILES string of the molecule is Cc1ccc(-c2nnc(CC(C)(C)CC(=O)O)o2)cc1F. The summed E-state index contributed by atoms with van der Waals surface area (Å²) in [5.41, 5.74) is 0.558. The second kappa shape index (κ2) is 5.63. The van der Waals surface area contributed by atoms with E-state index >= 15 is 0 Å². The number of halogens is 1. The van der Waals surface area contributed by atoms with Gasteiger partial charge in [-0.15, -0.1) is 10.2 Å². The molecule has 1 aromatic heterocycles. The van der Waals surface area contributed by atoms with Crippen LogP contribution in [0.2, 0.25) is 0 Å². The first-order chi connectivity index (χ1) is 9.77. The fourth-order valence-electron chi connectivity index (χ4n) is 2.05. The van der Waals surface area contributed by atoms with Gasteiger partial charge in [0.15, 0.2) is 0 Å². The minimum absolute atomic E-state index is 0.00384. The first kappa shape index (κ1) is 15.2. The number of benzene rings is 1. The van der Waals surface area contributed by atoms with Gasteiger partial charge in [0.25, 0.3) is 0 Å². The number of nitrogens with zero attached hydrogens (tertiary/aromatic N) is 2. The number of aliphatic carboxylic acids is 1. The minimum atomic E-state index is -0.875. The Kier molecular flexibility index (Phi) is 4.06. The number of hydrogen-bond acceptors (Lipinski definition) is 4. The molecular formula is C15H17FN2O3. The van der Waals surface area contributed by atoms with Crippen LogP contribution in [-0.2, 0) is 11.2 Å². The van der Waals surface area contributed by atoms with E-state index in [1.54, 1.807) is 19.1 Å². The van der Waals surface area contributed by atoms with Crippen molar-refractivity contribution in [3.05, 3.63) is 35.5 Å². The quantitative estimate of drug-likeness (QED) is 0.915. The van der Waals surface area contributed by atoms with Gasteiger partial charge in [0.05, 0.1) is 6.42 Å². The van der Waals surface area contributed by atoms with Gasteiger partial charge in [-0.3, -0.25) is 4.79 Å². The maximum absolute atomic E-state index is 13.5. The summed E-state index contributed by atoms with van der Waals surface area (Å²) in [6.07, 6.45) is 0.352. The smallest absolute Gasteiger partial charge is 0.303 e. The second-order valence-corrected chi connectivity index (χ2v) is 5.88. The van der Waals surface area contributed by atoms with Gasteiger partial charge in [-0.2, -0.15) is 0 Å². The Bertz CT molecular complexity index is 665. The lowest BCUT2D eigenvalue weighted by Gasteiger charge is -2.19. The Labute approximate surface area is 121 Å². The summed E-state index contributed by atoms with van der Waals surface area (Å²) >= 11 is 0. The molecule has 1 heterocycles. The van der Waals surface area contributed by atoms with E-state index < -0.39 is 11.4 Å². The maximum atomic E-state index is 13.5. The Morgan fingerprint density at radius 1 is 1.38 bits per heavy atom. The zero-order chi connectivity index (χ0) is 15.6. The topological polar surface area (TPSA) is 76.2 Å². The molecule has 2 aromatic rings. The number of rotatable bonds is 5. The van der Waals surface area contributed by atoms with Gasteiger partial charge in [-0.25, -0.2) is 4.39 Å². The highest BCUT2D eigenvalue weighted by molar-refractivity contribution is 5.67. The summed E-state index contributed by atoms with van der Waals surface area (Å²) in [5.74, 6) is -0.633. The van der Waals surface area contributed by atoms with E-state index in [1.807, 2.05) is 13.8 Å². The maximum Gasteiger partial charge on any atom is 0.303 e. The lowest BCUT2D eigenvalue weighted by molar-refractivity contribution is -0.139. The number of carboxylic acid groups (broad SMARTS) is 1. The first-order valence-corrected chi connectivity index (χ1v) is 6.57. The lowest BCUT2D eigenvalue weighted by Crippen LogP contribution is -2.19. The molecule has 0 spiro atoms. The molecule has 0 saturated carbocycles. The van der Waals surface area contributed by atoms with E-state index in [9.17, 15) is 9.18 Å². The van der Waals surface area contributed by atoms with E-state index in [4.69, 9.17) is 9.52 Å². The van der Waals surface area contributed by atoms with E-state index in [1.165, 1.54) is 6.07 Å². The number of hydrogen-bond donors (Lipinski definition) is 1. The zero-order valence-corrected chi connectivity index (χ0v) is 12.2. The molecule has 0 atom stereocenters. The molecule has 0 unspecified atom stereocenters. The summed E-state index contributed by atoms with van der Waals surface area (Å²) in [7, 11) is 0. The molecule has 2 rings (SSSR count). The van der Waals surface area contributed by atoms with Gasteiger partial charge in [0.2, 0.25) is 11.8 Å². The van der Waals surface area contributed by atoms with Crippen molar-refractivity contribution in [2.75, 3.05) is 0 Å². The van der Waals surface area contributed by atoms with E-state index in [0.29, 0.717) is 23.4 Å². The van der Waals surface area contributed by atoms with Gasteiger partial charge in [0.1, 0.15) is 5.82 Å². The highest BCUT2D eigenvalue weighted by atomic mass is 19.1. The molecule has 0 saturated heterocycles. The summed E-state index contributed by atoms with van der Waals surface area (Å²) < 4.78 is 19.0. The van der Waals surface area contributed by atoms with Gasteiger partial charge in [-0.05, 0) is 30.0 Å². The second-order valence-electron chi connectivity index (χ2n) is 5.88. The summed E-state index contributed by atoms with van der Waals surface area (Å²) in [6.45, 7) is 5.31. The molecule has 1 N–H and O–H groups in total. The van der Waals surface area contributed by atoms with Crippen molar-refractivity contribution >= 4 is 5.97 Å². The molecule has 6 heteroatoms. The average molecular weight is 292 g/mol. The van der Waals surface area contributed by atoms with Crippen molar-refractivity contribution in [1.82, 2.24) is 10.2 Å². The fourth-order valence-corrected chi connectivity index (χ4v) is 2.05. The molecule has 5 nitrogen and oxygen atoms in total. The van der Waals surface area contributed by atoms with Crippen LogP contribution in [0.4, 0.5) is 4.39 Å². The summed E-state index contributed by atoms with van der Waals surface area (Å²) in [5, 5.41) is 16.7. The standard InChI is InChI=1S/C15H17FN2O3/c1-9-4-5-10(6-11(9)16)14-18-17-12(21-14)7-15(2,3)8-13(19)20/h4-6H,7-8H2,1-3H3,(H,19,20). The Hall–Kier alpha value is -2.24. The molecule has 0 aliphatic carbocycles. The summed E-state index contributed by atoms with van der Waals surface area (Å²) in [4.78, 5) is 10.8. The van der Waals surface area contributed by atoms with Crippen LogP contribution in [0, 0.1) is 18.2 Å². The zero-order valence-electron chi connectivity index (χ0n) is 12.2. The first-order valence-electron chi connectivity index (χ1n) is 6.57. The number of carbonyl (C=O) groups is 1. The normalized spacial score (nSPS) is 11.6. The van der Waals surface area contributed by atoms with Crippen LogP contribution < -0.4 is 0 Å². The third kappa shape index (κ3) is 3.87. The van der Waals surface area contributed by atoms with Crippen LogP contribution >= 0.6 is 0 Å². The summed E-state index contributed by atoms with van der Waals surface area (Å²) in [6, 6.07) is 4.69. The van der Waals surface area contributed by atoms with Crippen molar-refractivity contribution in [1.29, 1.82) is 0 Å². The van der Waals surface area contributed by atoms with Crippen LogP contribution in [0.1, 0.15) is 31.7 Å². The van der Waals surface area contributed by atoms with Crippen molar-refractivity contribution in [3.63, 3.8) is 0 Å². The highest BCUT2D eigenvalue weighted by Crippen LogP contribution is 2.27. The van der Waals surface area contributed by atoms with Crippen LogP contribution in [0.15, 0.2) is 22.6 Å². The largest absolute Gasteiger partial charge is 0.481 e. The number of aromatic nitrogens is 2. The fraction of sp³-hybridized carbons (Fsp3) is 0.400. The molecular weight excluding hydrogens is 275 g/mol. The van der Waals surface area contributed by atoms with Crippen LogP contribution in [0.3, 0.4) is 0 Å². The molecule has 0 bridgehead atoms. The van der Waals surface area contributed by atoms with Crippen molar-refractivity contribution in [2.45, 2.75) is 33.6 Å². The average Bonchev–Trinajstić information content (AvgIpc) is 2.78.